The van der Waals surface area contributed by atoms with E-state index in [9.17, 15) is 0 Å². The van der Waals surface area contributed by atoms with Crippen molar-refractivity contribution in [3.8, 4) is 5.75 Å². The van der Waals surface area contributed by atoms with E-state index in [4.69, 9.17) is 9.26 Å². The Balaban J connectivity index is 2.12. The van der Waals surface area contributed by atoms with Gasteiger partial charge in [-0.15, -0.1) is 0 Å². The van der Waals surface area contributed by atoms with Crippen LogP contribution >= 0.6 is 9.47 Å². The van der Waals surface area contributed by atoms with Crippen molar-refractivity contribution < 1.29 is 9.26 Å². The minimum atomic E-state index is 0.793. The van der Waals surface area contributed by atoms with Crippen LogP contribution in [0.1, 0.15) is 24.8 Å². The van der Waals surface area contributed by atoms with Crippen LogP contribution in [0, 0.1) is 6.92 Å². The predicted molar refractivity (Wildman–Crippen MR) is 66.2 cm³/mol. The summed E-state index contributed by atoms with van der Waals surface area (Å²) in [6.07, 6.45) is 3.34. The molecule has 1 aromatic carbocycles. The number of unbranched alkanes of at least 4 members (excludes halogenated alkanes) is 2. The zero-order valence-corrected chi connectivity index (χ0v) is 10.4. The van der Waals surface area contributed by atoms with Gasteiger partial charge in [-0.3, -0.25) is 0 Å². The highest BCUT2D eigenvalue weighted by Crippen LogP contribution is 2.16. The monoisotopic (exact) mass is 226 g/mol. The molecule has 0 heterocycles. The molecule has 0 aromatic heterocycles. The fourth-order valence-electron chi connectivity index (χ4n) is 1.36. The van der Waals surface area contributed by atoms with E-state index in [0.29, 0.717) is 0 Å². The minimum Gasteiger partial charge on any atom is -0.493 e. The maximum absolute atomic E-state index is 5.67. The highest BCUT2D eigenvalue weighted by atomic mass is 31.0. The highest BCUT2D eigenvalue weighted by Gasteiger charge is 1.96. The number of hydrogen-bond acceptors (Lipinski definition) is 2. The summed E-state index contributed by atoms with van der Waals surface area (Å²) < 4.78 is 10.6. The molecule has 15 heavy (non-hydrogen) atoms. The molecule has 1 atom stereocenters. The highest BCUT2D eigenvalue weighted by molar-refractivity contribution is 7.09. The van der Waals surface area contributed by atoms with Crippen molar-refractivity contribution >= 4 is 9.47 Å². The SMILES string of the molecule is Cc1ccccc1OCCCCCOP. The molecule has 1 unspecified atom stereocenters. The molecule has 1 rings (SSSR count). The molecule has 0 aliphatic carbocycles. The number of rotatable bonds is 7. The van der Waals surface area contributed by atoms with Crippen molar-refractivity contribution in [1.29, 1.82) is 0 Å². The van der Waals surface area contributed by atoms with Crippen LogP contribution in [-0.2, 0) is 4.52 Å². The first-order chi connectivity index (χ1) is 7.34. The molecular formula is C12H19O2P. The van der Waals surface area contributed by atoms with Gasteiger partial charge in [-0.05, 0) is 37.8 Å². The molecule has 0 saturated carbocycles. The van der Waals surface area contributed by atoms with E-state index in [-0.39, 0.29) is 0 Å². The first-order valence-corrected chi connectivity index (χ1v) is 5.82. The summed E-state index contributed by atoms with van der Waals surface area (Å²) in [7, 11) is 2.27. The summed E-state index contributed by atoms with van der Waals surface area (Å²) in [6.45, 7) is 3.67. The van der Waals surface area contributed by atoms with Gasteiger partial charge in [0.25, 0.3) is 0 Å². The summed E-state index contributed by atoms with van der Waals surface area (Å²) in [5.74, 6) is 1.000. The molecule has 84 valence electrons. The van der Waals surface area contributed by atoms with Crippen LogP contribution in [-0.4, -0.2) is 13.2 Å². The number of benzene rings is 1. The summed E-state index contributed by atoms with van der Waals surface area (Å²) in [5, 5.41) is 0. The lowest BCUT2D eigenvalue weighted by Crippen LogP contribution is -1.99. The summed E-state index contributed by atoms with van der Waals surface area (Å²) in [4.78, 5) is 0. The third-order valence-corrected chi connectivity index (χ3v) is 2.49. The number of para-hydroxylation sites is 1. The lowest BCUT2D eigenvalue weighted by atomic mass is 10.2. The summed E-state index contributed by atoms with van der Waals surface area (Å²) in [6, 6.07) is 8.11. The molecule has 1 aromatic rings. The molecule has 3 heteroatoms. The van der Waals surface area contributed by atoms with Gasteiger partial charge in [-0.2, -0.15) is 0 Å². The van der Waals surface area contributed by atoms with Crippen LogP contribution in [0.2, 0.25) is 0 Å². The third kappa shape index (κ3) is 5.15. The van der Waals surface area contributed by atoms with E-state index in [1.54, 1.807) is 0 Å². The second-order valence-corrected chi connectivity index (χ2v) is 3.88. The topological polar surface area (TPSA) is 18.5 Å². The minimum absolute atomic E-state index is 0.793. The first kappa shape index (κ1) is 12.5. The first-order valence-electron chi connectivity index (χ1n) is 5.34. The van der Waals surface area contributed by atoms with Crippen LogP contribution in [0.3, 0.4) is 0 Å². The Hall–Kier alpha value is -0.590. The maximum Gasteiger partial charge on any atom is 0.122 e. The zero-order chi connectivity index (χ0) is 10.9. The second-order valence-electron chi connectivity index (χ2n) is 3.55. The van der Waals surface area contributed by atoms with Crippen molar-refractivity contribution in [2.45, 2.75) is 26.2 Å². The van der Waals surface area contributed by atoms with Crippen molar-refractivity contribution in [2.24, 2.45) is 0 Å². The van der Waals surface area contributed by atoms with Gasteiger partial charge in [-0.1, -0.05) is 18.2 Å². The summed E-state index contributed by atoms with van der Waals surface area (Å²) in [5.41, 5.74) is 1.20. The van der Waals surface area contributed by atoms with Crippen molar-refractivity contribution in [3.63, 3.8) is 0 Å². The van der Waals surface area contributed by atoms with E-state index in [1.165, 1.54) is 5.56 Å². The Morgan fingerprint density at radius 3 is 2.53 bits per heavy atom. The van der Waals surface area contributed by atoms with Crippen molar-refractivity contribution in [3.05, 3.63) is 29.8 Å². The Bertz CT molecular complexity index is 276. The van der Waals surface area contributed by atoms with Gasteiger partial charge < -0.3 is 9.26 Å². The molecule has 2 nitrogen and oxygen atoms in total. The predicted octanol–water partition coefficient (Wildman–Crippen LogP) is 3.35. The average molecular weight is 226 g/mol. The standard InChI is InChI=1S/C12H19O2P/c1-11-7-3-4-8-12(11)13-9-5-2-6-10-14-15/h3-4,7-8H,2,5-6,9-10,15H2,1H3. The van der Waals surface area contributed by atoms with Crippen molar-refractivity contribution in [1.82, 2.24) is 0 Å². The van der Waals surface area contributed by atoms with Crippen LogP contribution < -0.4 is 4.74 Å². The largest absolute Gasteiger partial charge is 0.493 e. The molecule has 0 amide bonds. The maximum atomic E-state index is 5.67. The lowest BCUT2D eigenvalue weighted by Gasteiger charge is -2.08. The molecule has 0 bridgehead atoms. The van der Waals surface area contributed by atoms with Gasteiger partial charge in [0.05, 0.1) is 13.2 Å². The summed E-state index contributed by atoms with van der Waals surface area (Å²) >= 11 is 0. The molecule has 0 radical (unpaired) electrons. The Kier molecular flexibility index (Phi) is 6.38. The van der Waals surface area contributed by atoms with Gasteiger partial charge in [-0.25, -0.2) is 0 Å². The normalized spacial score (nSPS) is 10.3. The fourth-order valence-corrected chi connectivity index (χ4v) is 1.53. The molecule has 0 saturated heterocycles. The van der Waals surface area contributed by atoms with Gasteiger partial charge in [0.1, 0.15) is 5.75 Å². The molecule has 0 spiro atoms. The Morgan fingerprint density at radius 2 is 1.80 bits per heavy atom. The van der Waals surface area contributed by atoms with Crippen LogP contribution in [0.25, 0.3) is 0 Å². The quantitative estimate of drug-likeness (QED) is 0.524. The average Bonchev–Trinajstić information content (AvgIpc) is 2.25. The Labute approximate surface area is 94.3 Å². The van der Waals surface area contributed by atoms with Crippen molar-refractivity contribution in [2.75, 3.05) is 13.2 Å². The van der Waals surface area contributed by atoms with Gasteiger partial charge in [0, 0.05) is 9.47 Å². The van der Waals surface area contributed by atoms with Crippen LogP contribution in [0.4, 0.5) is 0 Å². The van der Waals surface area contributed by atoms with Gasteiger partial charge in [0.15, 0.2) is 0 Å². The van der Waals surface area contributed by atoms with Gasteiger partial charge >= 0.3 is 0 Å². The van der Waals surface area contributed by atoms with E-state index in [2.05, 4.69) is 22.5 Å². The zero-order valence-electron chi connectivity index (χ0n) is 9.24. The van der Waals surface area contributed by atoms with E-state index in [0.717, 1.165) is 38.2 Å². The smallest absolute Gasteiger partial charge is 0.122 e. The van der Waals surface area contributed by atoms with Crippen LogP contribution in [0.5, 0.6) is 5.75 Å². The molecule has 0 fully saturated rings. The second kappa shape index (κ2) is 7.67. The number of ether oxygens (including phenoxy) is 1. The fraction of sp³-hybridized carbons (Fsp3) is 0.500. The molecule has 0 N–H and O–H groups in total. The van der Waals surface area contributed by atoms with E-state index < -0.39 is 0 Å². The molecule has 0 aliphatic rings. The Morgan fingerprint density at radius 1 is 1.07 bits per heavy atom. The van der Waals surface area contributed by atoms with E-state index >= 15 is 0 Å². The third-order valence-electron chi connectivity index (χ3n) is 2.26. The number of hydrogen-bond donors (Lipinski definition) is 0. The number of aryl methyl sites for hydroxylation is 1. The molecule has 0 aliphatic heterocycles. The van der Waals surface area contributed by atoms with Crippen LogP contribution in [0.15, 0.2) is 24.3 Å². The van der Waals surface area contributed by atoms with Gasteiger partial charge in [0.2, 0.25) is 0 Å². The lowest BCUT2D eigenvalue weighted by molar-refractivity contribution is 0.292. The van der Waals surface area contributed by atoms with E-state index in [1.807, 2.05) is 18.2 Å². The molecular weight excluding hydrogens is 207 g/mol.